The van der Waals surface area contributed by atoms with E-state index in [1.807, 2.05) is 0 Å². The molecule has 2 heterocycles. The lowest BCUT2D eigenvalue weighted by Crippen LogP contribution is -2.44. The lowest BCUT2D eigenvalue weighted by molar-refractivity contribution is -0.138. The van der Waals surface area contributed by atoms with Crippen LogP contribution >= 0.6 is 0 Å². The largest absolute Gasteiger partial charge is 0.378 e. The van der Waals surface area contributed by atoms with Gasteiger partial charge in [-0.2, -0.15) is 0 Å². The molecular formula is C14H15FN2O3. The summed E-state index contributed by atoms with van der Waals surface area (Å²) >= 11 is 0. The molecule has 6 heteroatoms. The third-order valence-electron chi connectivity index (χ3n) is 3.68. The van der Waals surface area contributed by atoms with Gasteiger partial charge in [0.1, 0.15) is 5.82 Å². The standard InChI is InChI=1S/C14H15FN2O3/c15-9-1-2-10-11(8-13(18)16-12(10)7-9)14(19)17-3-5-20-6-4-17/h1-2,7,11H,3-6,8H2,(H,16,18). The first-order valence-electron chi connectivity index (χ1n) is 6.61. The van der Waals surface area contributed by atoms with Gasteiger partial charge in [-0.25, -0.2) is 4.39 Å². The van der Waals surface area contributed by atoms with Crippen LogP contribution in [-0.2, 0) is 14.3 Å². The number of amides is 2. The van der Waals surface area contributed by atoms with Gasteiger partial charge in [0.25, 0.3) is 0 Å². The number of nitrogens with one attached hydrogen (secondary N) is 1. The van der Waals surface area contributed by atoms with Crippen LogP contribution < -0.4 is 5.32 Å². The van der Waals surface area contributed by atoms with Gasteiger partial charge in [0.15, 0.2) is 0 Å². The van der Waals surface area contributed by atoms with Crippen LogP contribution in [-0.4, -0.2) is 43.0 Å². The van der Waals surface area contributed by atoms with Crippen molar-refractivity contribution in [3.8, 4) is 0 Å². The molecular weight excluding hydrogens is 263 g/mol. The minimum absolute atomic E-state index is 0.0870. The van der Waals surface area contributed by atoms with Crippen molar-refractivity contribution in [1.82, 2.24) is 4.90 Å². The predicted molar refractivity (Wildman–Crippen MR) is 69.8 cm³/mol. The van der Waals surface area contributed by atoms with Crippen molar-refractivity contribution in [2.75, 3.05) is 31.6 Å². The van der Waals surface area contributed by atoms with E-state index in [1.54, 1.807) is 11.0 Å². The summed E-state index contributed by atoms with van der Waals surface area (Å²) in [5, 5.41) is 2.61. The average Bonchev–Trinajstić information content (AvgIpc) is 2.46. The Kier molecular flexibility index (Phi) is 3.40. The van der Waals surface area contributed by atoms with Crippen molar-refractivity contribution in [2.24, 2.45) is 0 Å². The maximum atomic E-state index is 13.2. The minimum Gasteiger partial charge on any atom is -0.378 e. The van der Waals surface area contributed by atoms with Gasteiger partial charge >= 0.3 is 0 Å². The van der Waals surface area contributed by atoms with E-state index >= 15 is 0 Å². The molecule has 3 rings (SSSR count). The Labute approximate surface area is 115 Å². The zero-order valence-electron chi connectivity index (χ0n) is 10.9. The van der Waals surface area contributed by atoms with Crippen LogP contribution in [0.5, 0.6) is 0 Å². The number of benzene rings is 1. The van der Waals surface area contributed by atoms with Crippen LogP contribution in [0.3, 0.4) is 0 Å². The van der Waals surface area contributed by atoms with E-state index in [0.717, 1.165) is 0 Å². The van der Waals surface area contributed by atoms with Gasteiger partial charge in [0, 0.05) is 25.2 Å². The first kappa shape index (κ1) is 13.1. The molecule has 0 bridgehead atoms. The molecule has 1 unspecified atom stereocenters. The number of halogens is 1. The van der Waals surface area contributed by atoms with E-state index in [-0.39, 0.29) is 18.2 Å². The van der Waals surface area contributed by atoms with Crippen molar-refractivity contribution in [3.05, 3.63) is 29.6 Å². The second kappa shape index (κ2) is 5.20. The van der Waals surface area contributed by atoms with E-state index in [4.69, 9.17) is 4.74 Å². The van der Waals surface area contributed by atoms with Crippen molar-refractivity contribution >= 4 is 17.5 Å². The molecule has 1 fully saturated rings. The number of fused-ring (bicyclic) bond motifs is 1. The number of anilines is 1. The highest BCUT2D eigenvalue weighted by molar-refractivity contribution is 6.01. The fraction of sp³-hybridized carbons (Fsp3) is 0.429. The van der Waals surface area contributed by atoms with Gasteiger partial charge in [0.05, 0.1) is 19.1 Å². The van der Waals surface area contributed by atoms with Gasteiger partial charge in [-0.15, -0.1) is 0 Å². The SMILES string of the molecule is O=C1CC(C(=O)N2CCOCC2)c2ccc(F)cc2N1. The summed E-state index contributed by atoms with van der Waals surface area (Å²) < 4.78 is 18.5. The Morgan fingerprint density at radius 3 is 2.85 bits per heavy atom. The lowest BCUT2D eigenvalue weighted by Gasteiger charge is -2.32. The smallest absolute Gasteiger partial charge is 0.230 e. The highest BCUT2D eigenvalue weighted by atomic mass is 19.1. The van der Waals surface area contributed by atoms with E-state index in [2.05, 4.69) is 5.32 Å². The van der Waals surface area contributed by atoms with E-state index in [0.29, 0.717) is 37.6 Å². The van der Waals surface area contributed by atoms with Gasteiger partial charge < -0.3 is 15.0 Å². The molecule has 0 aromatic heterocycles. The quantitative estimate of drug-likeness (QED) is 0.837. The van der Waals surface area contributed by atoms with Gasteiger partial charge in [-0.1, -0.05) is 6.07 Å². The third kappa shape index (κ3) is 2.38. The Balaban J connectivity index is 1.90. The number of hydrogen-bond donors (Lipinski definition) is 1. The molecule has 2 aliphatic rings. The minimum atomic E-state index is -0.530. The van der Waals surface area contributed by atoms with Crippen LogP contribution in [0.25, 0.3) is 0 Å². The maximum absolute atomic E-state index is 13.2. The fourth-order valence-electron chi connectivity index (χ4n) is 2.66. The summed E-state index contributed by atoms with van der Waals surface area (Å²) in [6.45, 7) is 2.10. The van der Waals surface area contributed by atoms with Crippen molar-refractivity contribution in [1.29, 1.82) is 0 Å². The average molecular weight is 278 g/mol. The van der Waals surface area contributed by atoms with Gasteiger partial charge in [0.2, 0.25) is 11.8 Å². The number of ether oxygens (including phenoxy) is 1. The highest BCUT2D eigenvalue weighted by Crippen LogP contribution is 2.34. The predicted octanol–water partition coefficient (Wildman–Crippen LogP) is 1.11. The Morgan fingerprint density at radius 2 is 2.10 bits per heavy atom. The number of morpholine rings is 1. The molecule has 0 saturated carbocycles. The molecule has 2 aliphatic heterocycles. The molecule has 1 saturated heterocycles. The zero-order chi connectivity index (χ0) is 14.1. The van der Waals surface area contributed by atoms with E-state index in [9.17, 15) is 14.0 Å². The summed E-state index contributed by atoms with van der Waals surface area (Å²) in [5.41, 5.74) is 1.08. The molecule has 1 N–H and O–H groups in total. The number of nitrogens with zero attached hydrogens (tertiary/aromatic N) is 1. The van der Waals surface area contributed by atoms with Crippen molar-refractivity contribution in [2.45, 2.75) is 12.3 Å². The number of carbonyl (C=O) groups excluding carboxylic acids is 2. The molecule has 0 radical (unpaired) electrons. The van der Waals surface area contributed by atoms with E-state index in [1.165, 1.54) is 12.1 Å². The number of hydrogen-bond acceptors (Lipinski definition) is 3. The fourth-order valence-corrected chi connectivity index (χ4v) is 2.66. The number of carbonyl (C=O) groups is 2. The van der Waals surface area contributed by atoms with Gasteiger partial charge in [-0.3, -0.25) is 9.59 Å². The Hall–Kier alpha value is -1.95. The highest BCUT2D eigenvalue weighted by Gasteiger charge is 2.34. The molecule has 0 aliphatic carbocycles. The van der Waals surface area contributed by atoms with Crippen LogP contribution in [0.2, 0.25) is 0 Å². The molecule has 5 nitrogen and oxygen atoms in total. The molecule has 20 heavy (non-hydrogen) atoms. The van der Waals surface area contributed by atoms with Crippen LogP contribution in [0.1, 0.15) is 17.9 Å². The zero-order valence-corrected chi connectivity index (χ0v) is 10.9. The molecule has 1 aromatic rings. The molecule has 1 atom stereocenters. The summed E-state index contributed by atoms with van der Waals surface area (Å²) in [5.74, 6) is -1.30. The third-order valence-corrected chi connectivity index (χ3v) is 3.68. The Bertz CT molecular complexity index is 555. The van der Waals surface area contributed by atoms with Crippen LogP contribution in [0, 0.1) is 5.82 Å². The monoisotopic (exact) mass is 278 g/mol. The molecule has 2 amide bonds. The Morgan fingerprint density at radius 1 is 1.35 bits per heavy atom. The number of rotatable bonds is 1. The molecule has 0 spiro atoms. The first-order valence-corrected chi connectivity index (χ1v) is 6.61. The molecule has 106 valence electrons. The second-order valence-electron chi connectivity index (χ2n) is 4.97. The lowest BCUT2D eigenvalue weighted by atomic mass is 9.89. The summed E-state index contributed by atoms with van der Waals surface area (Å²) in [6.07, 6.45) is 0.106. The topological polar surface area (TPSA) is 58.6 Å². The summed E-state index contributed by atoms with van der Waals surface area (Å²) in [4.78, 5) is 26.0. The maximum Gasteiger partial charge on any atom is 0.230 e. The first-order chi connectivity index (χ1) is 9.65. The summed E-state index contributed by atoms with van der Waals surface area (Å²) in [6, 6.07) is 4.15. The van der Waals surface area contributed by atoms with E-state index < -0.39 is 11.7 Å². The summed E-state index contributed by atoms with van der Waals surface area (Å²) in [7, 11) is 0. The van der Waals surface area contributed by atoms with Crippen LogP contribution in [0.4, 0.5) is 10.1 Å². The van der Waals surface area contributed by atoms with Crippen molar-refractivity contribution < 1.29 is 18.7 Å². The van der Waals surface area contributed by atoms with Crippen LogP contribution in [0.15, 0.2) is 18.2 Å². The molecule has 1 aromatic carbocycles. The normalized spacial score (nSPS) is 22.1. The second-order valence-corrected chi connectivity index (χ2v) is 4.97. The van der Waals surface area contributed by atoms with Gasteiger partial charge in [-0.05, 0) is 17.7 Å². The van der Waals surface area contributed by atoms with Crippen molar-refractivity contribution in [3.63, 3.8) is 0 Å².